The second-order valence-electron chi connectivity index (χ2n) is 7.59. The number of hydrogen-bond acceptors (Lipinski definition) is 7. The van der Waals surface area contributed by atoms with Crippen LogP contribution in [-0.4, -0.2) is 33.8 Å². The van der Waals surface area contributed by atoms with Crippen LogP contribution < -0.4 is 10.9 Å². The molecule has 1 heterocycles. The van der Waals surface area contributed by atoms with E-state index in [0.717, 1.165) is 0 Å². The fraction of sp³-hybridized carbons (Fsp3) is 0.450. The lowest BCUT2D eigenvalue weighted by Crippen LogP contribution is -2.37. The Hall–Kier alpha value is -2.87. The van der Waals surface area contributed by atoms with Crippen LogP contribution in [0.1, 0.15) is 44.7 Å². The molecule has 0 aliphatic carbocycles. The number of carbonyl (C=O) groups excluding carboxylic acids is 1. The van der Waals surface area contributed by atoms with E-state index in [0.29, 0.717) is 10.9 Å². The zero-order valence-electron chi connectivity index (χ0n) is 16.4. The van der Waals surface area contributed by atoms with Crippen molar-refractivity contribution >= 4 is 22.9 Å². The number of aliphatic carboxylic acids is 1. The number of rotatable bonds is 7. The van der Waals surface area contributed by atoms with Crippen LogP contribution in [0.4, 0.5) is 0 Å². The standard InChI is InChI=1S/C20H25NO7/c1-11-9-17(24)27-18-12(11)5-7-15(22)13(18)10-21-14(19(25)26)6-8-16(23)28-20(2,3)4/h5,7,9,14,21-22H,6,8,10H2,1-4H3,(H,25,26). The number of aromatic hydroxyl groups is 1. The number of carboxylic acid groups (broad SMARTS) is 1. The van der Waals surface area contributed by atoms with Gasteiger partial charge in [-0.3, -0.25) is 14.9 Å². The van der Waals surface area contributed by atoms with E-state index in [4.69, 9.17) is 9.15 Å². The van der Waals surface area contributed by atoms with Gasteiger partial charge < -0.3 is 19.4 Å². The highest BCUT2D eigenvalue weighted by Gasteiger charge is 2.22. The Balaban J connectivity index is 2.16. The zero-order valence-corrected chi connectivity index (χ0v) is 16.4. The van der Waals surface area contributed by atoms with Gasteiger partial charge in [-0.05, 0) is 51.8 Å². The molecule has 0 amide bonds. The Morgan fingerprint density at radius 1 is 1.29 bits per heavy atom. The molecule has 8 heteroatoms. The smallest absolute Gasteiger partial charge is 0.336 e. The summed E-state index contributed by atoms with van der Waals surface area (Å²) in [6.45, 7) is 6.89. The summed E-state index contributed by atoms with van der Waals surface area (Å²) in [6.07, 6.45) is -0.0598. The Morgan fingerprint density at radius 2 is 1.96 bits per heavy atom. The van der Waals surface area contributed by atoms with E-state index in [-0.39, 0.29) is 36.3 Å². The molecule has 1 atom stereocenters. The maximum absolute atomic E-state index is 11.8. The molecular weight excluding hydrogens is 366 g/mol. The molecule has 8 nitrogen and oxygen atoms in total. The minimum atomic E-state index is -1.14. The lowest BCUT2D eigenvalue weighted by molar-refractivity contribution is -0.155. The number of phenols is 1. The summed E-state index contributed by atoms with van der Waals surface area (Å²) >= 11 is 0. The third-order valence-corrected chi connectivity index (χ3v) is 4.08. The van der Waals surface area contributed by atoms with E-state index in [1.807, 2.05) is 0 Å². The molecule has 1 aromatic carbocycles. The van der Waals surface area contributed by atoms with E-state index >= 15 is 0 Å². The van der Waals surface area contributed by atoms with E-state index in [9.17, 15) is 24.6 Å². The number of aryl methyl sites for hydroxylation is 1. The molecule has 0 saturated carbocycles. The van der Waals surface area contributed by atoms with Crippen molar-refractivity contribution in [2.75, 3.05) is 0 Å². The highest BCUT2D eigenvalue weighted by atomic mass is 16.6. The Kier molecular flexibility index (Phi) is 6.45. The van der Waals surface area contributed by atoms with E-state index in [2.05, 4.69) is 5.32 Å². The molecule has 2 aromatic rings. The quantitative estimate of drug-likeness (QED) is 0.485. The number of esters is 1. The summed E-state index contributed by atoms with van der Waals surface area (Å²) in [5, 5.41) is 23.0. The molecule has 0 bridgehead atoms. The number of hydrogen-bond donors (Lipinski definition) is 3. The van der Waals surface area contributed by atoms with Crippen molar-refractivity contribution in [3.05, 3.63) is 39.7 Å². The first-order chi connectivity index (χ1) is 13.0. The van der Waals surface area contributed by atoms with Gasteiger partial charge in [0.1, 0.15) is 23.0 Å². The molecule has 152 valence electrons. The molecule has 2 rings (SSSR count). The second kappa shape index (κ2) is 8.43. The van der Waals surface area contributed by atoms with Crippen LogP contribution in [0.25, 0.3) is 11.0 Å². The van der Waals surface area contributed by atoms with Gasteiger partial charge in [0.25, 0.3) is 0 Å². The molecule has 1 unspecified atom stereocenters. The zero-order chi connectivity index (χ0) is 21.1. The van der Waals surface area contributed by atoms with Crippen LogP contribution in [0.3, 0.4) is 0 Å². The van der Waals surface area contributed by atoms with Crippen LogP contribution in [0, 0.1) is 6.92 Å². The lowest BCUT2D eigenvalue weighted by atomic mass is 10.1. The number of nitrogens with one attached hydrogen (secondary N) is 1. The molecule has 1 aromatic heterocycles. The first kappa shape index (κ1) is 21.4. The predicted octanol–water partition coefficient (Wildman–Crippen LogP) is 2.47. The van der Waals surface area contributed by atoms with Crippen LogP contribution in [-0.2, 0) is 20.9 Å². The molecular formula is C20H25NO7. The van der Waals surface area contributed by atoms with E-state index in [1.165, 1.54) is 12.1 Å². The van der Waals surface area contributed by atoms with Gasteiger partial charge in [-0.15, -0.1) is 0 Å². The highest BCUT2D eigenvalue weighted by Crippen LogP contribution is 2.28. The van der Waals surface area contributed by atoms with Crippen LogP contribution in [0.5, 0.6) is 5.75 Å². The van der Waals surface area contributed by atoms with Crippen molar-refractivity contribution < 1.29 is 29.0 Å². The number of carbonyl (C=O) groups is 2. The highest BCUT2D eigenvalue weighted by molar-refractivity contribution is 5.85. The van der Waals surface area contributed by atoms with Crippen molar-refractivity contribution in [3.8, 4) is 5.75 Å². The molecule has 0 saturated heterocycles. The van der Waals surface area contributed by atoms with Crippen molar-refractivity contribution in [1.82, 2.24) is 5.32 Å². The molecule has 0 radical (unpaired) electrons. The van der Waals surface area contributed by atoms with Crippen molar-refractivity contribution in [1.29, 1.82) is 0 Å². The first-order valence-corrected chi connectivity index (χ1v) is 8.91. The molecule has 0 aliphatic rings. The molecule has 0 spiro atoms. The van der Waals surface area contributed by atoms with Gasteiger partial charge >= 0.3 is 17.6 Å². The number of carboxylic acids is 1. The predicted molar refractivity (Wildman–Crippen MR) is 102 cm³/mol. The van der Waals surface area contributed by atoms with Gasteiger partial charge in [-0.25, -0.2) is 4.79 Å². The SMILES string of the molecule is Cc1cc(=O)oc2c(CNC(CCC(=O)OC(C)(C)C)C(=O)O)c(O)ccc12. The lowest BCUT2D eigenvalue weighted by Gasteiger charge is -2.20. The van der Waals surface area contributed by atoms with Crippen molar-refractivity contribution in [2.45, 2.75) is 58.7 Å². The third-order valence-electron chi connectivity index (χ3n) is 4.08. The van der Waals surface area contributed by atoms with Gasteiger partial charge in [0.15, 0.2) is 0 Å². The molecule has 28 heavy (non-hydrogen) atoms. The minimum absolute atomic E-state index is 0.0126. The Labute approximate surface area is 162 Å². The van der Waals surface area contributed by atoms with Gasteiger partial charge in [-0.1, -0.05) is 0 Å². The monoisotopic (exact) mass is 391 g/mol. The summed E-state index contributed by atoms with van der Waals surface area (Å²) in [7, 11) is 0. The fourth-order valence-electron chi connectivity index (χ4n) is 2.79. The van der Waals surface area contributed by atoms with Crippen LogP contribution >= 0.6 is 0 Å². The van der Waals surface area contributed by atoms with Crippen LogP contribution in [0.2, 0.25) is 0 Å². The normalized spacial score (nSPS) is 12.7. The third kappa shape index (κ3) is 5.56. The van der Waals surface area contributed by atoms with Gasteiger partial charge in [-0.2, -0.15) is 0 Å². The number of fused-ring (bicyclic) bond motifs is 1. The number of ether oxygens (including phenoxy) is 1. The largest absolute Gasteiger partial charge is 0.507 e. The summed E-state index contributed by atoms with van der Waals surface area (Å²) in [5.74, 6) is -1.75. The average Bonchev–Trinajstić information content (AvgIpc) is 2.54. The second-order valence-corrected chi connectivity index (χ2v) is 7.59. The van der Waals surface area contributed by atoms with Gasteiger partial charge in [0.05, 0.1) is 5.56 Å². The molecule has 3 N–H and O–H groups in total. The topological polar surface area (TPSA) is 126 Å². The number of phenolic OH excluding ortho intramolecular Hbond substituents is 1. The van der Waals surface area contributed by atoms with Crippen molar-refractivity contribution in [3.63, 3.8) is 0 Å². The first-order valence-electron chi connectivity index (χ1n) is 8.91. The number of benzene rings is 1. The Bertz CT molecular complexity index is 940. The van der Waals surface area contributed by atoms with Gasteiger partial charge in [0, 0.05) is 24.4 Å². The maximum atomic E-state index is 11.8. The van der Waals surface area contributed by atoms with Gasteiger partial charge in [0.2, 0.25) is 0 Å². The van der Waals surface area contributed by atoms with Crippen molar-refractivity contribution in [2.24, 2.45) is 0 Å². The van der Waals surface area contributed by atoms with E-state index in [1.54, 1.807) is 33.8 Å². The summed E-state index contributed by atoms with van der Waals surface area (Å²) in [6, 6.07) is 3.39. The maximum Gasteiger partial charge on any atom is 0.336 e. The average molecular weight is 391 g/mol. The fourth-order valence-corrected chi connectivity index (χ4v) is 2.79. The molecule has 0 fully saturated rings. The Morgan fingerprint density at radius 3 is 2.57 bits per heavy atom. The summed E-state index contributed by atoms with van der Waals surface area (Å²) in [4.78, 5) is 35.0. The summed E-state index contributed by atoms with van der Waals surface area (Å²) in [5.41, 5.74) is -0.0349. The summed E-state index contributed by atoms with van der Waals surface area (Å²) < 4.78 is 10.4. The van der Waals surface area contributed by atoms with Crippen LogP contribution in [0.15, 0.2) is 27.4 Å². The minimum Gasteiger partial charge on any atom is -0.507 e. The molecule has 0 aliphatic heterocycles. The van der Waals surface area contributed by atoms with E-state index < -0.39 is 29.2 Å².